The van der Waals surface area contributed by atoms with E-state index in [1.807, 2.05) is 6.07 Å². The van der Waals surface area contributed by atoms with Gasteiger partial charge < -0.3 is 14.2 Å². The first kappa shape index (κ1) is 24.8. The highest BCUT2D eigenvalue weighted by molar-refractivity contribution is 5.93. The molecule has 0 radical (unpaired) electrons. The van der Waals surface area contributed by atoms with Gasteiger partial charge in [-0.3, -0.25) is 14.5 Å². The van der Waals surface area contributed by atoms with Crippen LogP contribution >= 0.6 is 0 Å². The topological polar surface area (TPSA) is 82.1 Å². The highest BCUT2D eigenvalue weighted by Crippen LogP contribution is 2.30. The molecule has 1 saturated heterocycles. The molecule has 0 aromatic heterocycles. The van der Waals surface area contributed by atoms with E-state index in [2.05, 4.69) is 6.92 Å². The number of amides is 1. The van der Waals surface area contributed by atoms with Crippen molar-refractivity contribution in [2.45, 2.75) is 78.4 Å². The van der Waals surface area contributed by atoms with Crippen LogP contribution in [-0.2, 0) is 23.8 Å². The minimum absolute atomic E-state index is 0.123. The molecule has 31 heavy (non-hydrogen) atoms. The van der Waals surface area contributed by atoms with E-state index < -0.39 is 24.4 Å². The molecule has 1 aliphatic heterocycles. The highest BCUT2D eigenvalue weighted by Gasteiger charge is 2.43. The lowest BCUT2D eigenvalue weighted by Gasteiger charge is -2.27. The Morgan fingerprint density at radius 2 is 1.87 bits per heavy atom. The maximum absolute atomic E-state index is 12.5. The Morgan fingerprint density at radius 1 is 1.19 bits per heavy atom. The number of rotatable bonds is 10. The van der Waals surface area contributed by atoms with E-state index in [9.17, 15) is 14.4 Å². The summed E-state index contributed by atoms with van der Waals surface area (Å²) in [5.41, 5.74) is 0.909. The first-order chi connectivity index (χ1) is 14.7. The highest BCUT2D eigenvalue weighted by atomic mass is 16.6. The number of ether oxygens (including phenoxy) is 3. The Morgan fingerprint density at radius 3 is 2.45 bits per heavy atom. The van der Waals surface area contributed by atoms with Gasteiger partial charge in [-0.2, -0.15) is 0 Å². The van der Waals surface area contributed by atoms with Crippen LogP contribution in [-0.4, -0.2) is 53.7 Å². The standard InChI is InChI=1S/C24H33NO6/c1-6-7-13-29-21-14-22(25(19(5)27)15-16(2)17(3)26)31-23(21)18(4)30-24(28)20-11-9-8-10-12-20/h8-12,15,18,21-23H,6-7,13-14H2,1-5H3/b16-15-/t18-,21+,22-,23-/m1/s1. The van der Waals surface area contributed by atoms with Gasteiger partial charge in [0.2, 0.25) is 5.91 Å². The van der Waals surface area contributed by atoms with Crippen molar-refractivity contribution in [2.75, 3.05) is 6.61 Å². The second-order valence-corrected chi connectivity index (χ2v) is 7.82. The van der Waals surface area contributed by atoms with E-state index in [-0.39, 0.29) is 17.8 Å². The van der Waals surface area contributed by atoms with Crippen LogP contribution in [0.4, 0.5) is 0 Å². The SMILES string of the molecule is CCCCO[C@H]1C[C@H](N(/C=C(/C)C(C)=O)C(C)=O)O[C@@H]1[C@@H](C)OC(=O)c1ccccc1. The van der Waals surface area contributed by atoms with Crippen LogP contribution in [0.5, 0.6) is 0 Å². The fourth-order valence-electron chi connectivity index (χ4n) is 3.35. The molecule has 1 aromatic carbocycles. The number of benzene rings is 1. The minimum atomic E-state index is -0.610. The van der Waals surface area contributed by atoms with Crippen LogP contribution in [0.1, 0.15) is 64.2 Å². The zero-order chi connectivity index (χ0) is 23.0. The van der Waals surface area contributed by atoms with Crippen molar-refractivity contribution >= 4 is 17.7 Å². The molecule has 1 aliphatic rings. The number of carbonyl (C=O) groups excluding carboxylic acids is 3. The van der Waals surface area contributed by atoms with Gasteiger partial charge in [0.05, 0.1) is 11.7 Å². The molecule has 7 nitrogen and oxygen atoms in total. The summed E-state index contributed by atoms with van der Waals surface area (Å²) in [4.78, 5) is 37.8. The van der Waals surface area contributed by atoms with E-state index in [1.54, 1.807) is 38.1 Å². The van der Waals surface area contributed by atoms with Gasteiger partial charge in [-0.15, -0.1) is 0 Å². The number of esters is 1. The van der Waals surface area contributed by atoms with Gasteiger partial charge in [-0.25, -0.2) is 4.79 Å². The predicted octanol–water partition coefficient (Wildman–Crippen LogP) is 3.87. The van der Waals surface area contributed by atoms with Gasteiger partial charge in [-0.1, -0.05) is 31.5 Å². The number of ketones is 1. The number of hydrogen-bond donors (Lipinski definition) is 0. The zero-order valence-electron chi connectivity index (χ0n) is 19.0. The summed E-state index contributed by atoms with van der Waals surface area (Å²) in [6.45, 7) is 8.92. The molecule has 1 aromatic rings. The van der Waals surface area contributed by atoms with E-state index >= 15 is 0 Å². The summed E-state index contributed by atoms with van der Waals surface area (Å²) in [5.74, 6) is -0.808. The van der Waals surface area contributed by atoms with Crippen LogP contribution in [0, 0.1) is 0 Å². The summed E-state index contributed by atoms with van der Waals surface area (Å²) in [6.07, 6.45) is 1.74. The number of unbranched alkanes of at least 4 members (excludes halogenated alkanes) is 1. The minimum Gasteiger partial charge on any atom is -0.456 e. The van der Waals surface area contributed by atoms with Gasteiger partial charge >= 0.3 is 5.97 Å². The smallest absolute Gasteiger partial charge is 0.338 e. The first-order valence-corrected chi connectivity index (χ1v) is 10.8. The third-order valence-electron chi connectivity index (χ3n) is 5.27. The van der Waals surface area contributed by atoms with Crippen molar-refractivity contribution in [3.05, 3.63) is 47.7 Å². The summed E-state index contributed by atoms with van der Waals surface area (Å²) >= 11 is 0. The molecule has 0 spiro atoms. The Balaban J connectivity index is 2.18. The number of Topliss-reactive ketones (excluding diaryl/α,β-unsaturated/α-hetero) is 1. The number of nitrogens with zero attached hydrogens (tertiary/aromatic N) is 1. The second kappa shape index (κ2) is 11.8. The van der Waals surface area contributed by atoms with E-state index in [0.29, 0.717) is 24.2 Å². The molecule has 1 heterocycles. The number of allylic oxidation sites excluding steroid dienone is 1. The number of hydrogen-bond acceptors (Lipinski definition) is 6. The Bertz CT molecular complexity index is 791. The van der Waals surface area contributed by atoms with Gasteiger partial charge in [0.25, 0.3) is 0 Å². The monoisotopic (exact) mass is 431 g/mol. The molecule has 170 valence electrons. The van der Waals surface area contributed by atoms with Gasteiger partial charge in [0.15, 0.2) is 5.78 Å². The maximum atomic E-state index is 12.5. The van der Waals surface area contributed by atoms with E-state index in [1.165, 1.54) is 24.9 Å². The van der Waals surface area contributed by atoms with Crippen molar-refractivity contribution in [2.24, 2.45) is 0 Å². The van der Waals surface area contributed by atoms with Gasteiger partial charge in [0, 0.05) is 31.7 Å². The molecule has 0 N–H and O–H groups in total. The van der Waals surface area contributed by atoms with Gasteiger partial charge in [0.1, 0.15) is 18.4 Å². The van der Waals surface area contributed by atoms with Crippen molar-refractivity contribution in [3.8, 4) is 0 Å². The molecule has 0 aliphatic carbocycles. The van der Waals surface area contributed by atoms with Crippen LogP contribution in [0.2, 0.25) is 0 Å². The molecular weight excluding hydrogens is 398 g/mol. The van der Waals surface area contributed by atoms with Crippen LogP contribution in [0.25, 0.3) is 0 Å². The molecule has 7 heteroatoms. The quantitative estimate of drug-likeness (QED) is 0.318. The van der Waals surface area contributed by atoms with Crippen molar-refractivity contribution in [3.63, 3.8) is 0 Å². The zero-order valence-corrected chi connectivity index (χ0v) is 19.0. The van der Waals surface area contributed by atoms with Crippen LogP contribution < -0.4 is 0 Å². The Labute approximate surface area is 184 Å². The maximum Gasteiger partial charge on any atom is 0.338 e. The second-order valence-electron chi connectivity index (χ2n) is 7.82. The molecule has 0 bridgehead atoms. The lowest BCUT2D eigenvalue weighted by molar-refractivity contribution is -0.142. The summed E-state index contributed by atoms with van der Waals surface area (Å²) in [5, 5.41) is 0. The Kier molecular flexibility index (Phi) is 9.40. The largest absolute Gasteiger partial charge is 0.456 e. The fourth-order valence-corrected chi connectivity index (χ4v) is 3.35. The molecule has 1 amide bonds. The molecule has 0 saturated carbocycles. The van der Waals surface area contributed by atoms with Crippen molar-refractivity contribution in [1.29, 1.82) is 0 Å². The first-order valence-electron chi connectivity index (χ1n) is 10.8. The number of carbonyl (C=O) groups is 3. The summed E-state index contributed by atoms with van der Waals surface area (Å²) in [7, 11) is 0. The summed E-state index contributed by atoms with van der Waals surface area (Å²) < 4.78 is 17.8. The Hall–Kier alpha value is -2.51. The normalized spacial score (nSPS) is 22.1. The predicted molar refractivity (Wildman–Crippen MR) is 116 cm³/mol. The van der Waals surface area contributed by atoms with E-state index in [4.69, 9.17) is 14.2 Å². The third kappa shape index (κ3) is 7.01. The lowest BCUT2D eigenvalue weighted by Crippen LogP contribution is -2.39. The molecular formula is C24H33NO6. The molecule has 4 atom stereocenters. The van der Waals surface area contributed by atoms with Crippen molar-refractivity contribution < 1.29 is 28.6 Å². The molecule has 1 fully saturated rings. The van der Waals surface area contributed by atoms with Crippen molar-refractivity contribution in [1.82, 2.24) is 4.90 Å². The third-order valence-corrected chi connectivity index (χ3v) is 5.27. The molecule has 2 rings (SSSR count). The molecule has 0 unspecified atom stereocenters. The van der Waals surface area contributed by atoms with Gasteiger partial charge in [-0.05, 0) is 39.3 Å². The van der Waals surface area contributed by atoms with E-state index in [0.717, 1.165) is 12.8 Å². The van der Waals surface area contributed by atoms with Crippen LogP contribution in [0.3, 0.4) is 0 Å². The average Bonchev–Trinajstić information content (AvgIpc) is 3.16. The average molecular weight is 432 g/mol. The van der Waals surface area contributed by atoms with Crippen LogP contribution in [0.15, 0.2) is 42.1 Å². The fraction of sp³-hybridized carbons (Fsp3) is 0.542. The lowest BCUT2D eigenvalue weighted by atomic mass is 10.1. The summed E-state index contributed by atoms with van der Waals surface area (Å²) in [6, 6.07) is 8.75.